The molecule has 0 aromatic carbocycles. The van der Waals surface area contributed by atoms with E-state index in [1.165, 1.54) is 12.5 Å². The van der Waals surface area contributed by atoms with Crippen LogP contribution in [0, 0.1) is 5.92 Å². The highest BCUT2D eigenvalue weighted by molar-refractivity contribution is 5.91. The van der Waals surface area contributed by atoms with Crippen molar-refractivity contribution in [3.05, 3.63) is 29.7 Å². The fourth-order valence-corrected chi connectivity index (χ4v) is 1.87. The Morgan fingerprint density at radius 3 is 3.00 bits per heavy atom. The molecule has 1 aromatic rings. The van der Waals surface area contributed by atoms with Gasteiger partial charge in [0.05, 0.1) is 6.61 Å². The number of nitrogens with one attached hydrogen (secondary N) is 1. The van der Waals surface area contributed by atoms with Crippen LogP contribution in [0.4, 0.5) is 0 Å². The minimum Gasteiger partial charge on any atom is -0.461 e. The quantitative estimate of drug-likeness (QED) is 0.784. The lowest BCUT2D eigenvalue weighted by atomic mass is 10.3. The fourth-order valence-electron chi connectivity index (χ4n) is 1.87. The summed E-state index contributed by atoms with van der Waals surface area (Å²) in [5, 5.41) is 11.4. The summed E-state index contributed by atoms with van der Waals surface area (Å²) in [5.74, 6) is 2.73. The maximum absolute atomic E-state index is 11.4. The number of carbonyl (C=O) groups excluding carboxylic acids is 1. The summed E-state index contributed by atoms with van der Waals surface area (Å²) in [6, 6.07) is 3.61. The molecule has 0 bridgehead atoms. The molecular formula is C14H19NO3. The molecule has 1 aliphatic carbocycles. The second kappa shape index (κ2) is 5.40. The molecule has 0 spiro atoms. The van der Waals surface area contributed by atoms with Crippen molar-refractivity contribution in [3.63, 3.8) is 0 Å². The van der Waals surface area contributed by atoms with Gasteiger partial charge < -0.3 is 14.8 Å². The average Bonchev–Trinajstić information content (AvgIpc) is 2.90. The number of hydrogen-bond donors (Lipinski definition) is 2. The lowest BCUT2D eigenvalue weighted by molar-refractivity contribution is -0.117. The topological polar surface area (TPSA) is 62.5 Å². The van der Waals surface area contributed by atoms with Gasteiger partial charge in [0.2, 0.25) is 5.91 Å². The van der Waals surface area contributed by atoms with Crippen LogP contribution in [0.15, 0.2) is 22.6 Å². The van der Waals surface area contributed by atoms with E-state index >= 15 is 0 Å². The van der Waals surface area contributed by atoms with Crippen LogP contribution < -0.4 is 5.32 Å². The summed E-state index contributed by atoms with van der Waals surface area (Å²) in [6.45, 7) is 3.88. The van der Waals surface area contributed by atoms with Crippen molar-refractivity contribution in [1.82, 2.24) is 5.32 Å². The maximum Gasteiger partial charge on any atom is 0.244 e. The molecule has 18 heavy (non-hydrogen) atoms. The first-order chi connectivity index (χ1) is 8.60. The van der Waals surface area contributed by atoms with E-state index in [2.05, 4.69) is 12.2 Å². The minimum absolute atomic E-state index is 0.0654. The Balaban J connectivity index is 1.88. The van der Waals surface area contributed by atoms with Gasteiger partial charge >= 0.3 is 0 Å². The van der Waals surface area contributed by atoms with E-state index in [-0.39, 0.29) is 18.6 Å². The van der Waals surface area contributed by atoms with Crippen LogP contribution in [0.25, 0.3) is 6.08 Å². The number of hydrogen-bond acceptors (Lipinski definition) is 3. The number of furan rings is 1. The zero-order valence-corrected chi connectivity index (χ0v) is 10.7. The predicted octanol–water partition coefficient (Wildman–Crippen LogP) is 1.91. The molecule has 0 aliphatic heterocycles. The molecule has 4 heteroatoms. The first kappa shape index (κ1) is 12.9. The van der Waals surface area contributed by atoms with E-state index in [4.69, 9.17) is 9.52 Å². The standard InChI is InChI=1S/C14H19NO3/c1-9-7-12(9)13-5-3-11(18-13)4-6-14(17)15-10(2)8-16/h3-6,9-10,12,16H,7-8H2,1-2H3,(H,15,17)/b6-4+. The van der Waals surface area contributed by atoms with Crippen LogP contribution in [0.2, 0.25) is 0 Å². The molecule has 2 N–H and O–H groups in total. The Bertz CT molecular complexity index is 450. The van der Waals surface area contributed by atoms with Crippen molar-refractivity contribution in [3.8, 4) is 0 Å². The van der Waals surface area contributed by atoms with Crippen molar-refractivity contribution in [1.29, 1.82) is 0 Å². The summed E-state index contributed by atoms with van der Waals surface area (Å²) in [5.41, 5.74) is 0. The smallest absolute Gasteiger partial charge is 0.244 e. The van der Waals surface area contributed by atoms with Crippen LogP contribution in [0.3, 0.4) is 0 Å². The van der Waals surface area contributed by atoms with Gasteiger partial charge in [-0.2, -0.15) is 0 Å². The van der Waals surface area contributed by atoms with Gasteiger partial charge in [-0.3, -0.25) is 4.79 Å². The molecular weight excluding hydrogens is 230 g/mol. The summed E-state index contributed by atoms with van der Waals surface area (Å²) >= 11 is 0. The molecule has 0 radical (unpaired) electrons. The molecule has 1 aliphatic rings. The predicted molar refractivity (Wildman–Crippen MR) is 69.0 cm³/mol. The van der Waals surface area contributed by atoms with Gasteiger partial charge in [0, 0.05) is 18.0 Å². The van der Waals surface area contributed by atoms with Crippen molar-refractivity contribution in [2.45, 2.75) is 32.2 Å². The van der Waals surface area contributed by atoms with Crippen LogP contribution in [-0.2, 0) is 4.79 Å². The van der Waals surface area contributed by atoms with Gasteiger partial charge in [0.1, 0.15) is 11.5 Å². The average molecular weight is 249 g/mol. The van der Waals surface area contributed by atoms with Gasteiger partial charge in [0.25, 0.3) is 0 Å². The Labute approximate surface area is 107 Å². The molecule has 1 amide bonds. The largest absolute Gasteiger partial charge is 0.461 e. The molecule has 98 valence electrons. The van der Waals surface area contributed by atoms with Crippen LogP contribution in [-0.4, -0.2) is 23.7 Å². The van der Waals surface area contributed by atoms with Crippen molar-refractivity contribution >= 4 is 12.0 Å². The number of aliphatic hydroxyl groups is 1. The second-order valence-electron chi connectivity index (χ2n) is 4.99. The third-order valence-electron chi connectivity index (χ3n) is 3.18. The summed E-state index contributed by atoms with van der Waals surface area (Å²) < 4.78 is 5.64. The van der Waals surface area contributed by atoms with E-state index < -0.39 is 0 Å². The van der Waals surface area contributed by atoms with Crippen molar-refractivity contribution in [2.75, 3.05) is 6.61 Å². The molecule has 2 rings (SSSR count). The number of carbonyl (C=O) groups is 1. The molecule has 3 atom stereocenters. The zero-order valence-electron chi connectivity index (χ0n) is 10.7. The third kappa shape index (κ3) is 3.23. The van der Waals surface area contributed by atoms with Gasteiger partial charge in [-0.15, -0.1) is 0 Å². The normalized spacial score (nSPS) is 24.2. The monoisotopic (exact) mass is 249 g/mol. The summed E-state index contributed by atoms with van der Waals surface area (Å²) in [7, 11) is 0. The van der Waals surface area contributed by atoms with Gasteiger partial charge in [-0.1, -0.05) is 6.92 Å². The highest BCUT2D eigenvalue weighted by Crippen LogP contribution is 2.47. The van der Waals surface area contributed by atoms with Gasteiger partial charge in [0.15, 0.2) is 0 Å². The van der Waals surface area contributed by atoms with Crippen LogP contribution in [0.1, 0.15) is 37.7 Å². The highest BCUT2D eigenvalue weighted by atomic mass is 16.3. The molecule has 1 heterocycles. The summed E-state index contributed by atoms with van der Waals surface area (Å²) in [6.07, 6.45) is 4.26. The van der Waals surface area contributed by atoms with E-state index in [0.29, 0.717) is 17.6 Å². The van der Waals surface area contributed by atoms with E-state index in [1.807, 2.05) is 12.1 Å². The van der Waals surface area contributed by atoms with Crippen molar-refractivity contribution in [2.24, 2.45) is 5.92 Å². The Hall–Kier alpha value is -1.55. The van der Waals surface area contributed by atoms with Gasteiger partial charge in [-0.25, -0.2) is 0 Å². The SMILES string of the molecule is CC(CO)NC(=O)/C=C/c1ccc(C2CC2C)o1. The first-order valence-electron chi connectivity index (χ1n) is 6.29. The van der Waals surface area contributed by atoms with Crippen LogP contribution >= 0.6 is 0 Å². The Morgan fingerprint density at radius 2 is 2.39 bits per heavy atom. The lowest BCUT2D eigenvalue weighted by Gasteiger charge is -2.07. The number of aliphatic hydroxyl groups excluding tert-OH is 1. The zero-order chi connectivity index (χ0) is 13.1. The number of rotatable bonds is 5. The maximum atomic E-state index is 11.4. The molecule has 1 saturated carbocycles. The highest BCUT2D eigenvalue weighted by Gasteiger charge is 2.36. The van der Waals surface area contributed by atoms with Gasteiger partial charge in [-0.05, 0) is 37.5 Å². The molecule has 0 saturated heterocycles. The van der Waals surface area contributed by atoms with E-state index in [9.17, 15) is 4.79 Å². The first-order valence-corrected chi connectivity index (χ1v) is 6.29. The van der Waals surface area contributed by atoms with Crippen LogP contribution in [0.5, 0.6) is 0 Å². The minimum atomic E-state index is -0.235. The molecule has 3 unspecified atom stereocenters. The van der Waals surface area contributed by atoms with E-state index in [1.54, 1.807) is 13.0 Å². The lowest BCUT2D eigenvalue weighted by Crippen LogP contribution is -2.33. The summed E-state index contributed by atoms with van der Waals surface area (Å²) in [4.78, 5) is 11.4. The second-order valence-corrected chi connectivity index (χ2v) is 4.99. The fraction of sp³-hybridized carbons (Fsp3) is 0.500. The molecule has 1 fully saturated rings. The Morgan fingerprint density at radius 1 is 1.67 bits per heavy atom. The molecule has 4 nitrogen and oxygen atoms in total. The Kier molecular flexibility index (Phi) is 3.87. The van der Waals surface area contributed by atoms with E-state index in [0.717, 1.165) is 5.76 Å². The molecule has 1 aromatic heterocycles. The van der Waals surface area contributed by atoms with Crippen molar-refractivity contribution < 1.29 is 14.3 Å². The number of amides is 1. The third-order valence-corrected chi connectivity index (χ3v) is 3.18.